The van der Waals surface area contributed by atoms with Crippen molar-refractivity contribution in [2.24, 2.45) is 11.8 Å². The maximum atomic E-state index is 11.7. The van der Waals surface area contributed by atoms with Gasteiger partial charge in [-0.15, -0.1) is 0 Å². The minimum Gasteiger partial charge on any atom is -0.462 e. The van der Waals surface area contributed by atoms with E-state index >= 15 is 0 Å². The van der Waals surface area contributed by atoms with Crippen molar-refractivity contribution in [3.8, 4) is 0 Å². The second-order valence-electron chi connectivity index (χ2n) is 7.84. The number of hydrogen-bond acceptors (Lipinski definition) is 4. The zero-order valence-corrected chi connectivity index (χ0v) is 16.2. The van der Waals surface area contributed by atoms with Crippen LogP contribution < -0.4 is 0 Å². The van der Waals surface area contributed by atoms with Crippen LogP contribution >= 0.6 is 0 Å². The van der Waals surface area contributed by atoms with Gasteiger partial charge in [0.05, 0.1) is 12.2 Å². The normalized spacial score (nSPS) is 29.3. The van der Waals surface area contributed by atoms with Crippen LogP contribution in [0.2, 0.25) is 0 Å². The summed E-state index contributed by atoms with van der Waals surface area (Å²) in [6.45, 7) is 2.18. The zero-order valence-electron chi connectivity index (χ0n) is 16.2. The van der Waals surface area contributed by atoms with E-state index in [4.69, 9.17) is 4.74 Å². The Hall–Kier alpha value is -1.13. The fraction of sp³-hybridized carbons (Fsp3) is 0.773. The fourth-order valence-corrected chi connectivity index (χ4v) is 3.65. The Morgan fingerprint density at radius 2 is 2.04 bits per heavy atom. The number of hydrogen-bond donors (Lipinski definition) is 2. The fourth-order valence-electron chi connectivity index (χ4n) is 3.65. The summed E-state index contributed by atoms with van der Waals surface area (Å²) in [7, 11) is 0. The molecule has 2 rings (SSSR count). The van der Waals surface area contributed by atoms with Crippen LogP contribution in [-0.4, -0.2) is 34.5 Å². The van der Waals surface area contributed by atoms with Crippen molar-refractivity contribution in [1.29, 1.82) is 0 Å². The quantitative estimate of drug-likeness (QED) is 0.344. The largest absolute Gasteiger partial charge is 0.462 e. The van der Waals surface area contributed by atoms with Crippen LogP contribution in [0.3, 0.4) is 0 Å². The number of unbranched alkanes of at least 4 members (excludes halogenated alkanes) is 3. The highest BCUT2D eigenvalue weighted by Crippen LogP contribution is 2.45. The Balaban J connectivity index is 1.68. The van der Waals surface area contributed by atoms with Crippen LogP contribution in [0, 0.1) is 11.8 Å². The summed E-state index contributed by atoms with van der Waals surface area (Å²) in [5.74, 6) is 0.681. The zero-order chi connectivity index (χ0) is 18.8. The number of carbonyl (C=O) groups excluding carboxylic acids is 1. The lowest BCUT2D eigenvalue weighted by atomic mass is 10.0. The Bertz CT molecular complexity index is 471. The van der Waals surface area contributed by atoms with Crippen molar-refractivity contribution in [3.05, 3.63) is 24.3 Å². The molecule has 5 atom stereocenters. The molecule has 4 heteroatoms. The number of esters is 1. The lowest BCUT2D eigenvalue weighted by molar-refractivity contribution is -0.151. The molecule has 1 saturated heterocycles. The third-order valence-electron chi connectivity index (χ3n) is 5.49. The van der Waals surface area contributed by atoms with Crippen LogP contribution in [0.5, 0.6) is 0 Å². The highest BCUT2D eigenvalue weighted by Gasteiger charge is 2.43. The van der Waals surface area contributed by atoms with Gasteiger partial charge in [0.15, 0.2) is 0 Å². The van der Waals surface area contributed by atoms with Gasteiger partial charge in [-0.05, 0) is 50.9 Å². The van der Waals surface area contributed by atoms with Gasteiger partial charge in [0.25, 0.3) is 0 Å². The summed E-state index contributed by atoms with van der Waals surface area (Å²) in [5, 5.41) is 20.1. The number of carbonyl (C=O) groups is 1. The monoisotopic (exact) mass is 364 g/mol. The summed E-state index contributed by atoms with van der Waals surface area (Å²) in [4.78, 5) is 11.7. The Morgan fingerprint density at radius 1 is 1.19 bits per heavy atom. The van der Waals surface area contributed by atoms with Crippen LogP contribution in [0.4, 0.5) is 0 Å². The summed E-state index contributed by atoms with van der Waals surface area (Å²) in [6, 6.07) is 0. The topological polar surface area (TPSA) is 66.8 Å². The number of cyclic esters (lactones) is 1. The van der Waals surface area contributed by atoms with Gasteiger partial charge in [-0.2, -0.15) is 0 Å². The second-order valence-corrected chi connectivity index (χ2v) is 7.84. The smallest absolute Gasteiger partial charge is 0.306 e. The van der Waals surface area contributed by atoms with Crippen LogP contribution in [0.25, 0.3) is 0 Å². The van der Waals surface area contributed by atoms with Gasteiger partial charge in [0, 0.05) is 12.3 Å². The first-order valence-electron chi connectivity index (χ1n) is 10.5. The van der Waals surface area contributed by atoms with E-state index in [1.54, 1.807) is 6.08 Å². The number of aliphatic hydroxyl groups is 2. The highest BCUT2D eigenvalue weighted by molar-refractivity contribution is 5.69. The predicted molar refractivity (Wildman–Crippen MR) is 104 cm³/mol. The van der Waals surface area contributed by atoms with Gasteiger partial charge in [0.2, 0.25) is 0 Å². The SMILES string of the molecule is CCCCCC=CCC(O)C(O)C=CC1CC1C1CCCCCC(=O)O1. The minimum absolute atomic E-state index is 0.0329. The molecule has 0 radical (unpaired) electrons. The van der Waals surface area contributed by atoms with Gasteiger partial charge in [-0.1, -0.05) is 50.5 Å². The first kappa shape index (κ1) is 21.2. The van der Waals surface area contributed by atoms with Crippen molar-refractivity contribution < 1.29 is 19.7 Å². The average molecular weight is 365 g/mol. The molecule has 0 aromatic heterocycles. The molecule has 2 fully saturated rings. The maximum Gasteiger partial charge on any atom is 0.306 e. The molecule has 0 aromatic rings. The highest BCUT2D eigenvalue weighted by atomic mass is 16.5. The van der Waals surface area contributed by atoms with E-state index in [0.717, 1.165) is 38.5 Å². The third kappa shape index (κ3) is 7.63. The van der Waals surface area contributed by atoms with Crippen molar-refractivity contribution in [2.45, 2.75) is 95.9 Å². The summed E-state index contributed by atoms with van der Waals surface area (Å²) < 4.78 is 5.60. The molecule has 2 N–H and O–H groups in total. The second kappa shape index (κ2) is 11.6. The standard InChI is InChI=1S/C22H36O4/c1-2-3-4-5-6-8-11-19(23)20(24)15-14-17-16-18(17)21-12-9-7-10-13-22(25)26-21/h6,8,14-15,17-21,23-24H,2-5,7,9-13,16H2,1H3. The summed E-state index contributed by atoms with van der Waals surface area (Å²) in [6.07, 6.45) is 17.0. The average Bonchev–Trinajstić information content (AvgIpc) is 3.38. The number of allylic oxidation sites excluding steroid dienone is 2. The molecule has 0 amide bonds. The molecule has 148 valence electrons. The number of aliphatic hydroxyl groups excluding tert-OH is 2. The first-order valence-corrected chi connectivity index (χ1v) is 10.5. The summed E-state index contributed by atoms with van der Waals surface area (Å²) >= 11 is 0. The van der Waals surface area contributed by atoms with Crippen LogP contribution in [0.1, 0.15) is 77.6 Å². The van der Waals surface area contributed by atoms with Gasteiger partial charge in [-0.25, -0.2) is 0 Å². The van der Waals surface area contributed by atoms with Crippen molar-refractivity contribution in [3.63, 3.8) is 0 Å². The van der Waals surface area contributed by atoms with E-state index in [9.17, 15) is 15.0 Å². The number of ether oxygens (including phenoxy) is 1. The van der Waals surface area contributed by atoms with Crippen LogP contribution in [-0.2, 0) is 9.53 Å². The first-order chi connectivity index (χ1) is 12.6. The molecule has 1 saturated carbocycles. The lowest BCUT2D eigenvalue weighted by Gasteiger charge is -2.20. The molecule has 1 aliphatic heterocycles. The molecule has 1 aliphatic carbocycles. The summed E-state index contributed by atoms with van der Waals surface area (Å²) in [5.41, 5.74) is 0. The third-order valence-corrected chi connectivity index (χ3v) is 5.49. The molecule has 2 aliphatic rings. The molecule has 26 heavy (non-hydrogen) atoms. The van der Waals surface area contributed by atoms with Gasteiger partial charge in [-0.3, -0.25) is 4.79 Å². The van der Waals surface area contributed by atoms with Crippen LogP contribution in [0.15, 0.2) is 24.3 Å². The maximum absolute atomic E-state index is 11.7. The van der Waals surface area contributed by atoms with E-state index in [1.165, 1.54) is 19.3 Å². The molecule has 4 nitrogen and oxygen atoms in total. The minimum atomic E-state index is -0.837. The molecule has 0 spiro atoms. The van der Waals surface area contributed by atoms with E-state index < -0.39 is 12.2 Å². The van der Waals surface area contributed by atoms with E-state index in [-0.39, 0.29) is 12.1 Å². The van der Waals surface area contributed by atoms with Gasteiger partial charge >= 0.3 is 5.97 Å². The Labute approximate surface area is 158 Å². The predicted octanol–water partition coefficient (Wildman–Crippen LogP) is 4.30. The molecule has 1 heterocycles. The number of rotatable bonds is 10. The van der Waals surface area contributed by atoms with E-state index in [1.807, 2.05) is 12.2 Å². The molecule has 5 unspecified atom stereocenters. The lowest BCUT2D eigenvalue weighted by Crippen LogP contribution is -2.23. The Kier molecular flexibility index (Phi) is 9.41. The molecular formula is C22H36O4. The van der Waals surface area contributed by atoms with Crippen molar-refractivity contribution in [2.75, 3.05) is 0 Å². The van der Waals surface area contributed by atoms with E-state index in [0.29, 0.717) is 24.7 Å². The van der Waals surface area contributed by atoms with Gasteiger partial charge in [0.1, 0.15) is 6.10 Å². The van der Waals surface area contributed by atoms with Crippen molar-refractivity contribution in [1.82, 2.24) is 0 Å². The van der Waals surface area contributed by atoms with E-state index in [2.05, 4.69) is 13.0 Å². The van der Waals surface area contributed by atoms with Gasteiger partial charge < -0.3 is 14.9 Å². The Morgan fingerprint density at radius 3 is 2.85 bits per heavy atom. The molecular weight excluding hydrogens is 328 g/mol. The molecule has 0 aromatic carbocycles. The molecule has 0 bridgehead atoms. The van der Waals surface area contributed by atoms with Crippen molar-refractivity contribution >= 4 is 5.97 Å².